The summed E-state index contributed by atoms with van der Waals surface area (Å²) in [6, 6.07) is 7.21. The molecule has 2 aliphatic heterocycles. The van der Waals surface area contributed by atoms with Gasteiger partial charge in [0.25, 0.3) is 0 Å². The Labute approximate surface area is 152 Å². The van der Waals surface area contributed by atoms with E-state index in [0.29, 0.717) is 30.5 Å². The molecule has 25 heavy (non-hydrogen) atoms. The number of fused-ring (bicyclic) bond motifs is 1. The lowest BCUT2D eigenvalue weighted by atomic mass is 9.89. The molecule has 0 N–H and O–H groups in total. The van der Waals surface area contributed by atoms with Gasteiger partial charge in [-0.15, -0.1) is 0 Å². The van der Waals surface area contributed by atoms with E-state index in [1.54, 1.807) is 11.1 Å². The van der Waals surface area contributed by atoms with Gasteiger partial charge in [-0.3, -0.25) is 0 Å². The number of hydrogen-bond donors (Lipinski definition) is 0. The standard InChI is InChI=1S/C20H30N2O2S/c23-25(24)13-11-21(12-14-25)9-10-22-8-2-5-20(16-22)19-7-6-17-3-1-4-18(17)15-19/h6-7,15,20H,1-5,8-14,16H2. The average molecular weight is 363 g/mol. The smallest absolute Gasteiger partial charge is 0.152 e. The van der Waals surface area contributed by atoms with Crippen LogP contribution in [0.1, 0.15) is 41.9 Å². The summed E-state index contributed by atoms with van der Waals surface area (Å²) in [6.07, 6.45) is 6.42. The van der Waals surface area contributed by atoms with Crippen LogP contribution in [0.2, 0.25) is 0 Å². The highest BCUT2D eigenvalue weighted by molar-refractivity contribution is 7.91. The van der Waals surface area contributed by atoms with Crippen molar-refractivity contribution in [3.63, 3.8) is 0 Å². The minimum absolute atomic E-state index is 0.338. The molecule has 0 aromatic heterocycles. The first-order chi connectivity index (χ1) is 12.1. The molecule has 2 heterocycles. The topological polar surface area (TPSA) is 40.6 Å². The highest BCUT2D eigenvalue weighted by atomic mass is 32.2. The third-order valence-corrected chi connectivity index (χ3v) is 7.88. The fourth-order valence-corrected chi connectivity index (χ4v) is 5.91. The largest absolute Gasteiger partial charge is 0.301 e. The summed E-state index contributed by atoms with van der Waals surface area (Å²) in [7, 11) is -2.76. The van der Waals surface area contributed by atoms with Crippen LogP contribution in [0, 0.1) is 0 Å². The number of likely N-dealkylation sites (tertiary alicyclic amines) is 1. The predicted octanol–water partition coefficient (Wildman–Crippen LogP) is 2.09. The number of aryl methyl sites for hydroxylation is 2. The molecule has 4 nitrogen and oxygen atoms in total. The molecule has 3 aliphatic rings. The zero-order valence-electron chi connectivity index (χ0n) is 15.1. The zero-order chi connectivity index (χ0) is 17.3. The first kappa shape index (κ1) is 17.5. The van der Waals surface area contributed by atoms with Gasteiger partial charge in [0, 0.05) is 32.7 Å². The molecule has 2 fully saturated rings. The van der Waals surface area contributed by atoms with Crippen LogP contribution < -0.4 is 0 Å². The van der Waals surface area contributed by atoms with Gasteiger partial charge in [-0.1, -0.05) is 18.2 Å². The summed E-state index contributed by atoms with van der Waals surface area (Å²) in [5, 5.41) is 0. The number of sulfone groups is 1. The van der Waals surface area contributed by atoms with E-state index in [2.05, 4.69) is 28.0 Å². The Kier molecular flexibility index (Phi) is 5.16. The Bertz CT molecular complexity index is 702. The highest BCUT2D eigenvalue weighted by Gasteiger charge is 2.25. The van der Waals surface area contributed by atoms with Gasteiger partial charge in [0.05, 0.1) is 11.5 Å². The van der Waals surface area contributed by atoms with Gasteiger partial charge in [-0.25, -0.2) is 8.42 Å². The molecular formula is C20H30N2O2S. The highest BCUT2D eigenvalue weighted by Crippen LogP contribution is 2.31. The van der Waals surface area contributed by atoms with Crippen LogP contribution in [-0.4, -0.2) is 69.0 Å². The van der Waals surface area contributed by atoms with Crippen LogP contribution in [0.4, 0.5) is 0 Å². The Morgan fingerprint density at radius 3 is 2.52 bits per heavy atom. The van der Waals surface area contributed by atoms with Gasteiger partial charge >= 0.3 is 0 Å². The lowest BCUT2D eigenvalue weighted by Gasteiger charge is -2.35. The van der Waals surface area contributed by atoms with Crippen molar-refractivity contribution < 1.29 is 8.42 Å². The maximum Gasteiger partial charge on any atom is 0.152 e. The molecule has 0 spiro atoms. The molecule has 0 saturated carbocycles. The molecule has 0 radical (unpaired) electrons. The summed E-state index contributed by atoms with van der Waals surface area (Å²) in [5.41, 5.74) is 4.69. The van der Waals surface area contributed by atoms with E-state index in [0.717, 1.165) is 19.6 Å². The van der Waals surface area contributed by atoms with Crippen molar-refractivity contribution in [1.82, 2.24) is 9.80 Å². The number of nitrogens with zero attached hydrogens (tertiary/aromatic N) is 2. The van der Waals surface area contributed by atoms with Crippen LogP contribution in [-0.2, 0) is 22.7 Å². The van der Waals surface area contributed by atoms with Gasteiger partial charge in [0.15, 0.2) is 9.84 Å². The molecule has 1 unspecified atom stereocenters. The maximum atomic E-state index is 11.5. The van der Waals surface area contributed by atoms with E-state index in [1.165, 1.54) is 44.2 Å². The molecule has 1 atom stereocenters. The summed E-state index contributed by atoms with van der Waals surface area (Å²) >= 11 is 0. The van der Waals surface area contributed by atoms with Gasteiger partial charge in [0.1, 0.15) is 0 Å². The van der Waals surface area contributed by atoms with Crippen molar-refractivity contribution in [2.75, 3.05) is 50.8 Å². The van der Waals surface area contributed by atoms with E-state index < -0.39 is 9.84 Å². The molecule has 1 aromatic rings. The van der Waals surface area contributed by atoms with Crippen molar-refractivity contribution in [1.29, 1.82) is 0 Å². The lowest BCUT2D eigenvalue weighted by molar-refractivity contribution is 0.174. The molecule has 2 saturated heterocycles. The third-order valence-electron chi connectivity index (χ3n) is 6.27. The quantitative estimate of drug-likeness (QED) is 0.822. The molecule has 1 aliphatic carbocycles. The van der Waals surface area contributed by atoms with E-state index in [9.17, 15) is 8.42 Å². The van der Waals surface area contributed by atoms with E-state index in [1.807, 2.05) is 0 Å². The summed E-state index contributed by atoms with van der Waals surface area (Å²) in [5.74, 6) is 1.34. The van der Waals surface area contributed by atoms with Crippen LogP contribution in [0.15, 0.2) is 18.2 Å². The van der Waals surface area contributed by atoms with Crippen molar-refractivity contribution in [3.8, 4) is 0 Å². The van der Waals surface area contributed by atoms with Crippen molar-refractivity contribution in [2.24, 2.45) is 0 Å². The Hall–Kier alpha value is -0.910. The fraction of sp³-hybridized carbons (Fsp3) is 0.700. The summed E-state index contributed by atoms with van der Waals surface area (Å²) in [4.78, 5) is 4.91. The fourth-order valence-electron chi connectivity index (χ4n) is 4.63. The Morgan fingerprint density at radius 2 is 1.68 bits per heavy atom. The van der Waals surface area contributed by atoms with Crippen LogP contribution in [0.25, 0.3) is 0 Å². The molecule has 0 amide bonds. The molecule has 4 rings (SSSR count). The monoisotopic (exact) mass is 362 g/mol. The van der Waals surface area contributed by atoms with Crippen LogP contribution >= 0.6 is 0 Å². The van der Waals surface area contributed by atoms with Gasteiger partial charge in [0.2, 0.25) is 0 Å². The molecule has 5 heteroatoms. The van der Waals surface area contributed by atoms with E-state index >= 15 is 0 Å². The van der Waals surface area contributed by atoms with E-state index in [4.69, 9.17) is 0 Å². The first-order valence-corrected chi connectivity index (χ1v) is 11.7. The molecule has 1 aromatic carbocycles. The third kappa shape index (κ3) is 4.26. The molecular weight excluding hydrogens is 332 g/mol. The van der Waals surface area contributed by atoms with Gasteiger partial charge in [-0.2, -0.15) is 0 Å². The zero-order valence-corrected chi connectivity index (χ0v) is 15.9. The number of benzene rings is 1. The predicted molar refractivity (Wildman–Crippen MR) is 102 cm³/mol. The van der Waals surface area contributed by atoms with Crippen LogP contribution in [0.5, 0.6) is 0 Å². The van der Waals surface area contributed by atoms with Crippen molar-refractivity contribution in [3.05, 3.63) is 34.9 Å². The summed E-state index contributed by atoms with van der Waals surface area (Å²) < 4.78 is 23.1. The average Bonchev–Trinajstić information content (AvgIpc) is 3.09. The second-order valence-corrected chi connectivity index (χ2v) is 10.3. The minimum Gasteiger partial charge on any atom is -0.301 e. The second-order valence-electron chi connectivity index (χ2n) is 8.01. The Balaban J connectivity index is 1.31. The number of rotatable bonds is 4. The second kappa shape index (κ2) is 7.37. The normalized spacial score (nSPS) is 27.3. The molecule has 0 bridgehead atoms. The van der Waals surface area contributed by atoms with Crippen molar-refractivity contribution >= 4 is 9.84 Å². The lowest BCUT2D eigenvalue weighted by Crippen LogP contribution is -2.45. The van der Waals surface area contributed by atoms with Gasteiger partial charge in [-0.05, 0) is 61.3 Å². The maximum absolute atomic E-state index is 11.5. The number of piperidine rings is 1. The summed E-state index contributed by atoms with van der Waals surface area (Å²) in [6.45, 7) is 5.85. The minimum atomic E-state index is -2.76. The van der Waals surface area contributed by atoms with E-state index in [-0.39, 0.29) is 0 Å². The Morgan fingerprint density at radius 1 is 0.920 bits per heavy atom. The van der Waals surface area contributed by atoms with Gasteiger partial charge < -0.3 is 9.80 Å². The molecule has 138 valence electrons. The van der Waals surface area contributed by atoms with Crippen LogP contribution in [0.3, 0.4) is 0 Å². The first-order valence-electron chi connectivity index (χ1n) is 9.86. The number of hydrogen-bond acceptors (Lipinski definition) is 4. The van der Waals surface area contributed by atoms with Crippen molar-refractivity contribution in [2.45, 2.75) is 38.0 Å². The SMILES string of the molecule is O=S1(=O)CCN(CCN2CCCC(c3ccc4c(c3)CCC4)C2)CC1.